The number of amides is 1. The van der Waals surface area contributed by atoms with Crippen molar-refractivity contribution in [3.63, 3.8) is 0 Å². The lowest BCUT2D eigenvalue weighted by molar-refractivity contribution is -0.137. The van der Waals surface area contributed by atoms with Gasteiger partial charge in [0.1, 0.15) is 0 Å². The summed E-state index contributed by atoms with van der Waals surface area (Å²) in [6, 6.07) is 5.29. The van der Waals surface area contributed by atoms with Crippen LogP contribution in [-0.2, 0) is 6.18 Å². The van der Waals surface area contributed by atoms with Crippen molar-refractivity contribution >= 4 is 5.91 Å². The fraction of sp³-hybridized carbons (Fsp3) is 0.125. The van der Waals surface area contributed by atoms with Crippen LogP contribution in [0.4, 0.5) is 13.2 Å². The first-order valence-electron chi connectivity index (χ1n) is 3.30. The van der Waals surface area contributed by atoms with Gasteiger partial charge in [-0.15, -0.1) is 0 Å². The van der Waals surface area contributed by atoms with E-state index in [4.69, 9.17) is 5.73 Å². The molecule has 0 spiro atoms. The normalized spacial score (nSPS) is 11.3. The smallest absolute Gasteiger partial charge is 0.366 e. The summed E-state index contributed by atoms with van der Waals surface area (Å²) in [6.45, 7) is 0. The first-order valence-corrected chi connectivity index (χ1v) is 3.30. The van der Waals surface area contributed by atoms with Gasteiger partial charge in [-0.1, -0.05) is 12.1 Å². The van der Waals surface area contributed by atoms with Crippen molar-refractivity contribution in [1.82, 2.24) is 0 Å². The molecule has 0 atom stereocenters. The van der Waals surface area contributed by atoms with E-state index in [9.17, 15) is 18.0 Å². The number of benzene rings is 1. The molecule has 13 heavy (non-hydrogen) atoms. The number of carbonyl (C=O) groups is 1. The van der Waals surface area contributed by atoms with Gasteiger partial charge in [0.25, 0.3) is 0 Å². The molecule has 0 saturated carbocycles. The highest BCUT2D eigenvalue weighted by Crippen LogP contribution is 2.31. The summed E-state index contributed by atoms with van der Waals surface area (Å²) in [4.78, 5) is 10.6. The highest BCUT2D eigenvalue weighted by molar-refractivity contribution is 5.94. The predicted molar refractivity (Wildman–Crippen MR) is 38.8 cm³/mol. The Kier molecular flexibility index (Phi) is 2.27. The summed E-state index contributed by atoms with van der Waals surface area (Å²) < 4.78 is 36.5. The Morgan fingerprint density at radius 2 is 2.08 bits per heavy atom. The lowest BCUT2D eigenvalue weighted by Gasteiger charge is -2.08. The minimum Gasteiger partial charge on any atom is -0.366 e. The van der Waals surface area contributed by atoms with Crippen molar-refractivity contribution in [2.24, 2.45) is 5.73 Å². The van der Waals surface area contributed by atoms with Crippen molar-refractivity contribution in [1.29, 1.82) is 0 Å². The number of carbonyl (C=O) groups excluding carboxylic acids is 1. The fourth-order valence-electron chi connectivity index (χ4n) is 0.877. The Hall–Kier alpha value is -1.52. The van der Waals surface area contributed by atoms with Gasteiger partial charge < -0.3 is 5.73 Å². The zero-order chi connectivity index (χ0) is 10.1. The van der Waals surface area contributed by atoms with Gasteiger partial charge in [-0.05, 0) is 12.1 Å². The van der Waals surface area contributed by atoms with Gasteiger partial charge in [0, 0.05) is 0 Å². The number of alkyl halides is 3. The SMILES string of the molecule is NC(=O)c1[c]cccc1C(F)(F)F. The number of halogens is 3. The third-order valence-corrected chi connectivity index (χ3v) is 1.41. The molecule has 1 aromatic carbocycles. The second kappa shape index (κ2) is 3.08. The standard InChI is InChI=1S/C8H5F3NO/c9-8(10,11)6-4-2-1-3-5(6)7(12)13/h1-2,4H,(H2,12,13). The highest BCUT2D eigenvalue weighted by atomic mass is 19.4. The Morgan fingerprint density at radius 1 is 1.46 bits per heavy atom. The van der Waals surface area contributed by atoms with Crippen molar-refractivity contribution in [2.75, 3.05) is 0 Å². The molecule has 1 aromatic rings. The molecular formula is C8H5F3NO. The number of hydrogen-bond donors (Lipinski definition) is 1. The molecule has 0 aliphatic rings. The summed E-state index contributed by atoms with van der Waals surface area (Å²) in [5.74, 6) is -1.13. The molecule has 0 aromatic heterocycles. The molecule has 0 fully saturated rings. The van der Waals surface area contributed by atoms with E-state index in [1.807, 2.05) is 0 Å². The lowest BCUT2D eigenvalue weighted by atomic mass is 10.1. The molecule has 0 unspecified atom stereocenters. The van der Waals surface area contributed by atoms with Gasteiger partial charge in [-0.2, -0.15) is 13.2 Å². The minimum atomic E-state index is -4.57. The Labute approximate surface area is 72.2 Å². The summed E-state index contributed by atoms with van der Waals surface area (Å²) in [5, 5.41) is 0. The summed E-state index contributed by atoms with van der Waals surface area (Å²) >= 11 is 0. The molecular weight excluding hydrogens is 183 g/mol. The van der Waals surface area contributed by atoms with Crippen LogP contribution in [0.15, 0.2) is 18.2 Å². The predicted octanol–water partition coefficient (Wildman–Crippen LogP) is 1.60. The van der Waals surface area contributed by atoms with Crippen molar-refractivity contribution in [3.05, 3.63) is 35.4 Å². The maximum absolute atomic E-state index is 12.2. The largest absolute Gasteiger partial charge is 0.417 e. The average molecular weight is 188 g/mol. The number of rotatable bonds is 1. The van der Waals surface area contributed by atoms with Gasteiger partial charge in [0.15, 0.2) is 0 Å². The first kappa shape index (κ1) is 9.57. The maximum Gasteiger partial charge on any atom is 0.417 e. The molecule has 0 heterocycles. The van der Waals surface area contributed by atoms with E-state index in [0.29, 0.717) is 0 Å². The number of primary amides is 1. The fourth-order valence-corrected chi connectivity index (χ4v) is 0.877. The van der Waals surface area contributed by atoms with Crippen LogP contribution < -0.4 is 5.73 Å². The van der Waals surface area contributed by atoms with Crippen molar-refractivity contribution in [3.8, 4) is 0 Å². The van der Waals surface area contributed by atoms with Crippen LogP contribution in [-0.4, -0.2) is 5.91 Å². The molecule has 0 aliphatic heterocycles. The molecule has 2 nitrogen and oxygen atoms in total. The molecule has 1 rings (SSSR count). The van der Waals surface area contributed by atoms with E-state index >= 15 is 0 Å². The molecule has 1 amide bonds. The van der Waals surface area contributed by atoms with Crippen LogP contribution in [0.2, 0.25) is 0 Å². The van der Waals surface area contributed by atoms with Crippen LogP contribution in [0.25, 0.3) is 0 Å². The molecule has 0 saturated heterocycles. The van der Waals surface area contributed by atoms with Crippen LogP contribution in [0.1, 0.15) is 15.9 Å². The molecule has 0 bridgehead atoms. The van der Waals surface area contributed by atoms with E-state index < -0.39 is 23.2 Å². The van der Waals surface area contributed by atoms with E-state index in [1.165, 1.54) is 6.07 Å². The zero-order valence-corrected chi connectivity index (χ0v) is 6.35. The maximum atomic E-state index is 12.2. The molecule has 1 radical (unpaired) electrons. The van der Waals surface area contributed by atoms with E-state index in [1.54, 1.807) is 0 Å². The third-order valence-electron chi connectivity index (χ3n) is 1.41. The third kappa shape index (κ3) is 1.99. The van der Waals surface area contributed by atoms with E-state index in [-0.39, 0.29) is 0 Å². The summed E-state index contributed by atoms with van der Waals surface area (Å²) in [6.07, 6.45) is -4.57. The Balaban J connectivity index is 3.28. The van der Waals surface area contributed by atoms with E-state index in [2.05, 4.69) is 6.07 Å². The average Bonchev–Trinajstić information content (AvgIpc) is 2.03. The molecule has 5 heteroatoms. The second-order valence-corrected chi connectivity index (χ2v) is 2.32. The highest BCUT2D eigenvalue weighted by Gasteiger charge is 2.34. The van der Waals surface area contributed by atoms with Crippen molar-refractivity contribution < 1.29 is 18.0 Å². The number of hydrogen-bond acceptors (Lipinski definition) is 1. The molecule has 2 N–H and O–H groups in total. The lowest BCUT2D eigenvalue weighted by Crippen LogP contribution is -2.18. The quantitative estimate of drug-likeness (QED) is 0.714. The molecule has 0 aliphatic carbocycles. The van der Waals surface area contributed by atoms with E-state index in [0.717, 1.165) is 12.1 Å². The van der Waals surface area contributed by atoms with Gasteiger partial charge in [-0.3, -0.25) is 4.79 Å². The minimum absolute atomic E-state index is 0.630. The van der Waals surface area contributed by atoms with Gasteiger partial charge >= 0.3 is 6.18 Å². The van der Waals surface area contributed by atoms with Gasteiger partial charge in [-0.25, -0.2) is 0 Å². The molecule has 69 valence electrons. The van der Waals surface area contributed by atoms with Crippen LogP contribution in [0.3, 0.4) is 0 Å². The Bertz CT molecular complexity index is 332. The van der Waals surface area contributed by atoms with Crippen LogP contribution in [0, 0.1) is 6.07 Å². The zero-order valence-electron chi connectivity index (χ0n) is 6.35. The first-order chi connectivity index (χ1) is 5.93. The van der Waals surface area contributed by atoms with Gasteiger partial charge in [0.2, 0.25) is 5.91 Å². The monoisotopic (exact) mass is 188 g/mol. The van der Waals surface area contributed by atoms with Crippen LogP contribution >= 0.6 is 0 Å². The second-order valence-electron chi connectivity index (χ2n) is 2.32. The summed E-state index contributed by atoms with van der Waals surface area (Å²) in [7, 11) is 0. The van der Waals surface area contributed by atoms with Crippen LogP contribution in [0.5, 0.6) is 0 Å². The Morgan fingerprint density at radius 3 is 2.46 bits per heavy atom. The number of nitrogens with two attached hydrogens (primary N) is 1. The van der Waals surface area contributed by atoms with Crippen molar-refractivity contribution in [2.45, 2.75) is 6.18 Å². The van der Waals surface area contributed by atoms with Gasteiger partial charge in [0.05, 0.1) is 11.1 Å². The summed E-state index contributed by atoms with van der Waals surface area (Å²) in [5.41, 5.74) is 3.06. The topological polar surface area (TPSA) is 43.1 Å².